The molecule has 0 saturated carbocycles. The van der Waals surface area contributed by atoms with E-state index < -0.39 is 12.0 Å². The van der Waals surface area contributed by atoms with Crippen molar-refractivity contribution in [2.45, 2.75) is 96.6 Å². The molecule has 0 aromatic carbocycles. The summed E-state index contributed by atoms with van der Waals surface area (Å²) in [6.07, 6.45) is 11.9. The van der Waals surface area contributed by atoms with Gasteiger partial charge in [0.15, 0.2) is 0 Å². The van der Waals surface area contributed by atoms with E-state index in [1.165, 1.54) is 25.7 Å². The van der Waals surface area contributed by atoms with Gasteiger partial charge in [0.2, 0.25) is 0 Å². The van der Waals surface area contributed by atoms with Crippen LogP contribution >= 0.6 is 0 Å². The molecule has 25 heavy (non-hydrogen) atoms. The highest BCUT2D eigenvalue weighted by Crippen LogP contribution is 2.18. The van der Waals surface area contributed by atoms with Crippen molar-refractivity contribution in [3.8, 4) is 0 Å². The van der Waals surface area contributed by atoms with Gasteiger partial charge in [0, 0.05) is 6.42 Å². The highest BCUT2D eigenvalue weighted by Gasteiger charge is 2.20. The van der Waals surface area contributed by atoms with Crippen LogP contribution < -0.4 is 5.73 Å². The Bertz CT molecular complexity index is 384. The fourth-order valence-corrected chi connectivity index (χ4v) is 2.86. The van der Waals surface area contributed by atoms with Crippen molar-refractivity contribution in [1.29, 1.82) is 0 Å². The van der Waals surface area contributed by atoms with Crippen molar-refractivity contribution in [2.24, 2.45) is 11.7 Å². The number of aliphatic carboxylic acids is 1. The minimum atomic E-state index is -1.03. The number of hydrogen-bond acceptors (Lipinski definition) is 4. The molecule has 3 N–H and O–H groups in total. The Kier molecular flexibility index (Phi) is 14.1. The average molecular weight is 356 g/mol. The van der Waals surface area contributed by atoms with Crippen LogP contribution in [0.2, 0.25) is 0 Å². The second kappa shape index (κ2) is 14.9. The van der Waals surface area contributed by atoms with E-state index in [-0.39, 0.29) is 30.8 Å². The van der Waals surface area contributed by atoms with E-state index in [0.29, 0.717) is 0 Å². The smallest absolute Gasteiger partial charge is 0.320 e. The topological polar surface area (TPSA) is 89.6 Å². The van der Waals surface area contributed by atoms with Gasteiger partial charge < -0.3 is 15.6 Å². The molecule has 2 unspecified atom stereocenters. The first-order chi connectivity index (χ1) is 11.9. The van der Waals surface area contributed by atoms with E-state index >= 15 is 0 Å². The number of carboxylic acids is 1. The zero-order chi connectivity index (χ0) is 19.1. The van der Waals surface area contributed by atoms with Crippen molar-refractivity contribution in [3.05, 3.63) is 12.7 Å². The number of nitrogens with two attached hydrogens (primary N) is 1. The van der Waals surface area contributed by atoms with Gasteiger partial charge in [-0.2, -0.15) is 0 Å². The molecule has 0 aliphatic heterocycles. The van der Waals surface area contributed by atoms with Gasteiger partial charge in [0.05, 0.1) is 0 Å². The molecule has 5 nitrogen and oxygen atoms in total. The van der Waals surface area contributed by atoms with Crippen LogP contribution in [0.4, 0.5) is 0 Å². The Balaban J connectivity index is 4.27. The van der Waals surface area contributed by atoms with Crippen molar-refractivity contribution >= 4 is 11.9 Å². The Labute approximate surface area is 153 Å². The number of carboxylic acid groups (broad SMARTS) is 1. The molecular weight excluding hydrogens is 318 g/mol. The maximum Gasteiger partial charge on any atom is 0.320 e. The molecular formula is C20H37NO4. The number of ether oxygens (including phenoxy) is 1. The number of unbranched alkanes of at least 4 members (excludes halogenated alkanes) is 5. The molecule has 0 radical (unpaired) electrons. The third-order valence-corrected chi connectivity index (χ3v) is 4.35. The molecule has 0 aliphatic carbocycles. The van der Waals surface area contributed by atoms with Crippen molar-refractivity contribution < 1.29 is 19.4 Å². The van der Waals surface area contributed by atoms with Crippen molar-refractivity contribution in [2.75, 3.05) is 0 Å². The van der Waals surface area contributed by atoms with E-state index in [2.05, 4.69) is 13.5 Å². The molecule has 0 amide bonds. The third kappa shape index (κ3) is 13.6. The molecule has 0 aliphatic rings. The van der Waals surface area contributed by atoms with E-state index in [4.69, 9.17) is 15.6 Å². The Morgan fingerprint density at radius 2 is 1.80 bits per heavy atom. The number of carbonyl (C=O) groups is 2. The number of rotatable bonds is 16. The van der Waals surface area contributed by atoms with E-state index in [1.54, 1.807) is 0 Å². The molecule has 0 saturated heterocycles. The Hall–Kier alpha value is -1.36. The largest absolute Gasteiger partial charge is 0.480 e. The first-order valence-electron chi connectivity index (χ1n) is 9.69. The van der Waals surface area contributed by atoms with Crippen LogP contribution in [-0.4, -0.2) is 29.2 Å². The summed E-state index contributed by atoms with van der Waals surface area (Å²) in [6, 6.07) is -0.926. The van der Waals surface area contributed by atoms with Gasteiger partial charge in [-0.3, -0.25) is 9.59 Å². The summed E-state index contributed by atoms with van der Waals surface area (Å²) in [4.78, 5) is 22.9. The first-order valence-corrected chi connectivity index (χ1v) is 9.69. The lowest BCUT2D eigenvalue weighted by atomic mass is 9.99. The average Bonchev–Trinajstić information content (AvgIpc) is 2.54. The zero-order valence-electron chi connectivity index (χ0n) is 16.0. The summed E-state index contributed by atoms with van der Waals surface area (Å²) in [5.41, 5.74) is 5.52. The van der Waals surface area contributed by atoms with Crippen LogP contribution in [0.15, 0.2) is 12.7 Å². The molecule has 0 rings (SSSR count). The van der Waals surface area contributed by atoms with Crippen LogP contribution in [0.5, 0.6) is 0 Å². The number of hydrogen-bond donors (Lipinski definition) is 2. The predicted octanol–water partition coefficient (Wildman–Crippen LogP) is 4.44. The van der Waals surface area contributed by atoms with Gasteiger partial charge in [-0.05, 0) is 44.4 Å². The summed E-state index contributed by atoms with van der Waals surface area (Å²) >= 11 is 0. The summed E-state index contributed by atoms with van der Waals surface area (Å²) < 4.78 is 5.65. The van der Waals surface area contributed by atoms with Crippen molar-refractivity contribution in [3.63, 3.8) is 0 Å². The van der Waals surface area contributed by atoms with Crippen molar-refractivity contribution in [1.82, 2.24) is 0 Å². The lowest BCUT2D eigenvalue weighted by molar-refractivity contribution is -0.151. The Morgan fingerprint density at radius 1 is 1.16 bits per heavy atom. The fourth-order valence-electron chi connectivity index (χ4n) is 2.86. The van der Waals surface area contributed by atoms with Crippen LogP contribution in [0.25, 0.3) is 0 Å². The summed E-state index contributed by atoms with van der Waals surface area (Å²) in [5.74, 6) is -1.38. The standard InChI is InChI=1S/C20H37NO4/c1-4-6-8-9-11-13-17(12-10-7-5-2)25-19(22)15-16(3)14-18(21)20(23)24/h5,16-18H,2,4,6-15,21H2,1,3H3,(H,23,24)/t16?,17?,18-/m0/s1. The van der Waals surface area contributed by atoms with Gasteiger partial charge >= 0.3 is 11.9 Å². The maximum absolute atomic E-state index is 12.2. The minimum Gasteiger partial charge on any atom is -0.480 e. The molecule has 0 heterocycles. The summed E-state index contributed by atoms with van der Waals surface area (Å²) in [6.45, 7) is 7.75. The van der Waals surface area contributed by atoms with Crippen LogP contribution in [0, 0.1) is 5.92 Å². The van der Waals surface area contributed by atoms with Gasteiger partial charge in [0.1, 0.15) is 12.1 Å². The predicted molar refractivity (Wildman–Crippen MR) is 101 cm³/mol. The van der Waals surface area contributed by atoms with Crippen LogP contribution in [0.1, 0.15) is 84.5 Å². The van der Waals surface area contributed by atoms with E-state index in [1.807, 2.05) is 13.0 Å². The molecule has 0 bridgehead atoms. The van der Waals surface area contributed by atoms with Crippen LogP contribution in [-0.2, 0) is 14.3 Å². The van der Waals surface area contributed by atoms with Gasteiger partial charge in [0.25, 0.3) is 0 Å². The highest BCUT2D eigenvalue weighted by molar-refractivity contribution is 5.73. The highest BCUT2D eigenvalue weighted by atomic mass is 16.5. The lowest BCUT2D eigenvalue weighted by Gasteiger charge is -2.20. The summed E-state index contributed by atoms with van der Waals surface area (Å²) in [5, 5.41) is 8.84. The number of allylic oxidation sites excluding steroid dienone is 1. The molecule has 0 spiro atoms. The second-order valence-electron chi connectivity index (χ2n) is 7.02. The van der Waals surface area contributed by atoms with Crippen LogP contribution in [0.3, 0.4) is 0 Å². The summed E-state index contributed by atoms with van der Waals surface area (Å²) in [7, 11) is 0. The number of esters is 1. The van der Waals surface area contributed by atoms with E-state index in [0.717, 1.165) is 32.1 Å². The molecule has 3 atom stereocenters. The quantitative estimate of drug-likeness (QED) is 0.243. The molecule has 0 aromatic heterocycles. The Morgan fingerprint density at radius 3 is 2.40 bits per heavy atom. The molecule has 0 fully saturated rings. The van der Waals surface area contributed by atoms with Gasteiger partial charge in [-0.25, -0.2) is 0 Å². The molecule has 5 heteroatoms. The molecule has 146 valence electrons. The van der Waals surface area contributed by atoms with E-state index in [9.17, 15) is 9.59 Å². The molecule has 0 aromatic rings. The lowest BCUT2D eigenvalue weighted by Crippen LogP contribution is -2.32. The van der Waals surface area contributed by atoms with Gasteiger partial charge in [-0.15, -0.1) is 6.58 Å². The normalized spacial score (nSPS) is 14.5. The minimum absolute atomic E-state index is 0.0468. The number of carbonyl (C=O) groups excluding carboxylic acids is 1. The fraction of sp³-hybridized carbons (Fsp3) is 0.800. The SMILES string of the molecule is C=CCCCC(CCCCCCC)OC(=O)CC(C)C[C@H](N)C(=O)O. The maximum atomic E-state index is 12.2. The zero-order valence-corrected chi connectivity index (χ0v) is 16.0. The first kappa shape index (κ1) is 23.6. The second-order valence-corrected chi connectivity index (χ2v) is 7.02. The van der Waals surface area contributed by atoms with Gasteiger partial charge in [-0.1, -0.05) is 45.6 Å². The third-order valence-electron chi connectivity index (χ3n) is 4.35. The monoisotopic (exact) mass is 355 g/mol.